The average molecular weight is 439 g/mol. The van der Waals surface area contributed by atoms with Crippen LogP contribution in [0.3, 0.4) is 0 Å². The molecule has 1 aliphatic heterocycles. The van der Waals surface area contributed by atoms with Crippen LogP contribution in [0.2, 0.25) is 0 Å². The van der Waals surface area contributed by atoms with Gasteiger partial charge in [0.25, 0.3) is 5.91 Å². The van der Waals surface area contributed by atoms with Gasteiger partial charge < -0.3 is 24.4 Å². The van der Waals surface area contributed by atoms with Gasteiger partial charge in [-0.2, -0.15) is 0 Å². The molecule has 0 saturated heterocycles. The molecule has 0 saturated carbocycles. The molecule has 2 heterocycles. The molecule has 0 spiro atoms. The molecule has 0 fully saturated rings. The maximum atomic E-state index is 12.8. The van der Waals surface area contributed by atoms with E-state index in [4.69, 9.17) is 14.2 Å². The molecule has 1 atom stereocenters. The van der Waals surface area contributed by atoms with Gasteiger partial charge in [0, 0.05) is 11.4 Å². The number of methoxy groups -OCH3 is 1. The van der Waals surface area contributed by atoms with E-state index in [1.807, 2.05) is 68.7 Å². The Morgan fingerprint density at radius 2 is 1.90 bits per heavy atom. The largest absolute Gasteiger partial charge is 0.497 e. The predicted molar refractivity (Wildman–Crippen MR) is 123 cm³/mol. The van der Waals surface area contributed by atoms with Gasteiger partial charge in [-0.15, -0.1) is 11.3 Å². The van der Waals surface area contributed by atoms with Crippen molar-refractivity contribution in [1.29, 1.82) is 0 Å². The maximum Gasteiger partial charge on any atom is 0.261 e. The molecule has 0 bridgehead atoms. The third-order valence-electron chi connectivity index (χ3n) is 5.21. The molecule has 1 unspecified atom stereocenters. The number of rotatable bonds is 7. The molecule has 1 aliphatic rings. The van der Waals surface area contributed by atoms with Gasteiger partial charge in [-0.3, -0.25) is 4.79 Å². The molecule has 4 rings (SSSR count). The van der Waals surface area contributed by atoms with Gasteiger partial charge in [0.05, 0.1) is 18.0 Å². The quantitative estimate of drug-likeness (QED) is 0.598. The number of fused-ring (bicyclic) bond motifs is 1. The lowest BCUT2D eigenvalue weighted by molar-refractivity contribution is 0.0946. The summed E-state index contributed by atoms with van der Waals surface area (Å²) in [6.45, 7) is 1.62. The third kappa shape index (κ3) is 4.84. The normalized spacial score (nSPS) is 13.7. The number of nitrogens with zero attached hydrogens (tertiary/aromatic N) is 1. The lowest BCUT2D eigenvalue weighted by Gasteiger charge is -2.25. The van der Waals surface area contributed by atoms with Crippen LogP contribution < -0.4 is 19.5 Å². The molecular formula is C24H26N2O4S. The summed E-state index contributed by atoms with van der Waals surface area (Å²) in [7, 11) is 5.66. The first-order valence-electron chi connectivity index (χ1n) is 10.1. The van der Waals surface area contributed by atoms with Gasteiger partial charge in [0.1, 0.15) is 19.0 Å². The van der Waals surface area contributed by atoms with E-state index >= 15 is 0 Å². The number of amides is 1. The second-order valence-electron chi connectivity index (χ2n) is 7.49. The van der Waals surface area contributed by atoms with E-state index < -0.39 is 0 Å². The summed E-state index contributed by atoms with van der Waals surface area (Å²) in [6, 6.07) is 17.7. The first-order valence-corrected chi connectivity index (χ1v) is 11.0. The Morgan fingerprint density at radius 3 is 2.68 bits per heavy atom. The summed E-state index contributed by atoms with van der Waals surface area (Å²) in [5.74, 6) is 2.23. The van der Waals surface area contributed by atoms with E-state index in [1.54, 1.807) is 7.11 Å². The molecule has 0 radical (unpaired) electrons. The number of hydrogen-bond acceptors (Lipinski definition) is 6. The van der Waals surface area contributed by atoms with E-state index in [0.29, 0.717) is 24.6 Å². The molecular weight excluding hydrogens is 412 g/mol. The van der Waals surface area contributed by atoms with E-state index in [9.17, 15) is 4.79 Å². The summed E-state index contributed by atoms with van der Waals surface area (Å²) in [5.41, 5.74) is 2.10. The lowest BCUT2D eigenvalue weighted by Crippen LogP contribution is -2.34. The van der Waals surface area contributed by atoms with E-state index in [-0.39, 0.29) is 11.9 Å². The zero-order valence-electron chi connectivity index (χ0n) is 17.9. The van der Waals surface area contributed by atoms with Gasteiger partial charge in [-0.05, 0) is 67.7 Å². The fourth-order valence-electron chi connectivity index (χ4n) is 3.54. The number of nitrogens with one attached hydrogen (secondary N) is 1. The summed E-state index contributed by atoms with van der Waals surface area (Å²) < 4.78 is 16.6. The number of thiophene rings is 1. The Balaban J connectivity index is 1.45. The number of benzene rings is 2. The van der Waals surface area contributed by atoms with Crippen LogP contribution >= 0.6 is 11.3 Å². The van der Waals surface area contributed by atoms with Crippen LogP contribution in [0.1, 0.15) is 21.3 Å². The SMILES string of the molecule is COc1cccc(C(CNC(=O)c2ccc(-c3ccc4c(c3)OCCO4)s2)N(C)C)c1. The topological polar surface area (TPSA) is 60.0 Å². The second-order valence-corrected chi connectivity index (χ2v) is 8.57. The van der Waals surface area contributed by atoms with Crippen LogP contribution in [-0.2, 0) is 0 Å². The first kappa shape index (κ1) is 21.2. The van der Waals surface area contributed by atoms with Crippen molar-refractivity contribution in [3.05, 3.63) is 65.0 Å². The Morgan fingerprint density at radius 1 is 1.10 bits per heavy atom. The highest BCUT2D eigenvalue weighted by Crippen LogP contribution is 2.37. The van der Waals surface area contributed by atoms with Crippen molar-refractivity contribution >= 4 is 17.2 Å². The minimum absolute atomic E-state index is 0.0382. The second kappa shape index (κ2) is 9.41. The minimum atomic E-state index is -0.0801. The highest BCUT2D eigenvalue weighted by atomic mass is 32.1. The number of ether oxygens (including phenoxy) is 3. The van der Waals surface area contributed by atoms with Gasteiger partial charge in [0.2, 0.25) is 0 Å². The fourth-order valence-corrected chi connectivity index (χ4v) is 4.45. The summed E-state index contributed by atoms with van der Waals surface area (Å²) in [5, 5.41) is 3.08. The van der Waals surface area contributed by atoms with Crippen molar-refractivity contribution in [2.24, 2.45) is 0 Å². The molecule has 1 N–H and O–H groups in total. The van der Waals surface area contributed by atoms with E-state index in [0.717, 1.165) is 33.3 Å². The third-order valence-corrected chi connectivity index (χ3v) is 6.35. The first-order chi connectivity index (χ1) is 15.0. The van der Waals surface area contributed by atoms with E-state index in [2.05, 4.69) is 10.2 Å². The van der Waals surface area contributed by atoms with E-state index in [1.165, 1.54) is 11.3 Å². The Labute approximate surface area is 186 Å². The van der Waals surface area contributed by atoms with Crippen molar-refractivity contribution in [3.63, 3.8) is 0 Å². The van der Waals surface area contributed by atoms with Crippen LogP contribution in [0.25, 0.3) is 10.4 Å². The highest BCUT2D eigenvalue weighted by molar-refractivity contribution is 7.17. The molecule has 7 heteroatoms. The molecule has 162 valence electrons. The molecule has 1 aromatic heterocycles. The Bertz CT molecular complexity index is 1060. The Hall–Kier alpha value is -3.03. The molecule has 0 aliphatic carbocycles. The monoisotopic (exact) mass is 438 g/mol. The summed E-state index contributed by atoms with van der Waals surface area (Å²) in [6.07, 6.45) is 0. The number of likely N-dealkylation sites (N-methyl/N-ethyl adjacent to an activating group) is 1. The predicted octanol–water partition coefficient (Wildman–Crippen LogP) is 4.23. The van der Waals surface area contributed by atoms with Gasteiger partial charge >= 0.3 is 0 Å². The molecule has 1 amide bonds. The number of carbonyl (C=O) groups excluding carboxylic acids is 1. The molecule has 2 aromatic carbocycles. The molecule has 31 heavy (non-hydrogen) atoms. The zero-order chi connectivity index (χ0) is 21.8. The van der Waals surface area contributed by atoms with Crippen molar-refractivity contribution in [1.82, 2.24) is 10.2 Å². The minimum Gasteiger partial charge on any atom is -0.497 e. The summed E-state index contributed by atoms with van der Waals surface area (Å²) >= 11 is 1.46. The van der Waals surface area contributed by atoms with Crippen LogP contribution in [0, 0.1) is 0 Å². The number of hydrogen-bond donors (Lipinski definition) is 1. The van der Waals surface area contributed by atoms with Crippen LogP contribution in [-0.4, -0.2) is 51.8 Å². The van der Waals surface area contributed by atoms with Crippen molar-refractivity contribution < 1.29 is 19.0 Å². The Kier molecular flexibility index (Phi) is 6.44. The molecule has 6 nitrogen and oxygen atoms in total. The zero-order valence-corrected chi connectivity index (χ0v) is 18.7. The van der Waals surface area contributed by atoms with Crippen LogP contribution in [0.4, 0.5) is 0 Å². The standard InChI is InChI=1S/C24H26N2O4S/c1-26(2)19(16-5-4-6-18(13-16)28-3)15-25-24(27)23-10-9-22(31-23)17-7-8-20-21(14-17)30-12-11-29-20/h4-10,13-14,19H,11-12,15H2,1-3H3,(H,25,27). The summed E-state index contributed by atoms with van der Waals surface area (Å²) in [4.78, 5) is 16.6. The smallest absolute Gasteiger partial charge is 0.261 e. The van der Waals surface area contributed by atoms with Crippen LogP contribution in [0.15, 0.2) is 54.6 Å². The van der Waals surface area contributed by atoms with Crippen LogP contribution in [0.5, 0.6) is 17.2 Å². The van der Waals surface area contributed by atoms with Crippen molar-refractivity contribution in [3.8, 4) is 27.7 Å². The number of carbonyl (C=O) groups is 1. The highest BCUT2D eigenvalue weighted by Gasteiger charge is 2.18. The van der Waals surface area contributed by atoms with Crippen molar-refractivity contribution in [2.75, 3.05) is 41.0 Å². The van der Waals surface area contributed by atoms with Gasteiger partial charge in [0.15, 0.2) is 11.5 Å². The maximum absolute atomic E-state index is 12.8. The average Bonchev–Trinajstić information content (AvgIpc) is 3.29. The van der Waals surface area contributed by atoms with Gasteiger partial charge in [-0.25, -0.2) is 0 Å². The molecule has 3 aromatic rings. The van der Waals surface area contributed by atoms with Crippen molar-refractivity contribution in [2.45, 2.75) is 6.04 Å². The fraction of sp³-hybridized carbons (Fsp3) is 0.292. The van der Waals surface area contributed by atoms with Gasteiger partial charge in [-0.1, -0.05) is 12.1 Å². The lowest BCUT2D eigenvalue weighted by atomic mass is 10.1.